The van der Waals surface area contributed by atoms with Gasteiger partial charge in [-0.1, -0.05) is 12.1 Å². The van der Waals surface area contributed by atoms with Crippen LogP contribution >= 0.6 is 24.8 Å². The van der Waals surface area contributed by atoms with Gasteiger partial charge in [0, 0.05) is 39.1 Å². The van der Waals surface area contributed by atoms with Crippen molar-refractivity contribution in [1.82, 2.24) is 10.2 Å². The Morgan fingerprint density at radius 1 is 1.27 bits per heavy atom. The minimum Gasteiger partial charge on any atom is -0.427 e. The molecule has 6 heteroatoms. The van der Waals surface area contributed by atoms with E-state index in [0.717, 1.165) is 32.1 Å². The monoisotopic (exact) mass is 346 g/mol. The first-order chi connectivity index (χ1) is 9.74. The summed E-state index contributed by atoms with van der Waals surface area (Å²) in [6.07, 6.45) is 2.62. The van der Waals surface area contributed by atoms with Crippen molar-refractivity contribution in [1.29, 1.82) is 0 Å². The van der Waals surface area contributed by atoms with E-state index in [1.807, 2.05) is 18.2 Å². The van der Waals surface area contributed by atoms with Crippen LogP contribution in [0.25, 0.3) is 0 Å². The van der Waals surface area contributed by atoms with Gasteiger partial charge in [0.1, 0.15) is 5.75 Å². The number of piperazine rings is 1. The molecule has 0 radical (unpaired) electrons. The lowest BCUT2D eigenvalue weighted by molar-refractivity contribution is -0.131. The van der Waals surface area contributed by atoms with Crippen LogP contribution in [0.4, 0.5) is 0 Å². The van der Waals surface area contributed by atoms with Crippen LogP contribution < -0.4 is 10.1 Å². The molecule has 0 bridgehead atoms. The number of nitrogens with one attached hydrogen (secondary N) is 1. The Labute approximate surface area is 144 Å². The molecule has 22 heavy (non-hydrogen) atoms. The summed E-state index contributed by atoms with van der Waals surface area (Å²) in [6, 6.07) is 8.52. The fraction of sp³-hybridized carbons (Fsp3) is 0.562. The highest BCUT2D eigenvalue weighted by Crippen LogP contribution is 2.45. The van der Waals surface area contributed by atoms with Gasteiger partial charge in [-0.05, 0) is 36.5 Å². The average molecular weight is 347 g/mol. The number of nitrogens with zero attached hydrogens (tertiary/aromatic N) is 1. The summed E-state index contributed by atoms with van der Waals surface area (Å²) in [5.74, 6) is 1.17. The molecule has 1 aromatic carbocycles. The van der Waals surface area contributed by atoms with E-state index in [1.165, 1.54) is 25.3 Å². The molecule has 1 saturated heterocycles. The largest absolute Gasteiger partial charge is 0.427 e. The van der Waals surface area contributed by atoms with Crippen LogP contribution in [0.5, 0.6) is 5.75 Å². The zero-order chi connectivity index (χ0) is 13.9. The van der Waals surface area contributed by atoms with E-state index >= 15 is 0 Å². The minimum atomic E-state index is -0.257. The number of benzene rings is 1. The molecule has 0 spiro atoms. The van der Waals surface area contributed by atoms with Gasteiger partial charge in [-0.2, -0.15) is 0 Å². The Kier molecular flexibility index (Phi) is 7.63. The van der Waals surface area contributed by atoms with Crippen LogP contribution in [0.15, 0.2) is 24.3 Å². The van der Waals surface area contributed by atoms with Crippen LogP contribution in [0.3, 0.4) is 0 Å². The van der Waals surface area contributed by atoms with Gasteiger partial charge in [0.05, 0.1) is 0 Å². The molecular weight excluding hydrogens is 323 g/mol. The van der Waals surface area contributed by atoms with Gasteiger partial charge in [-0.15, -0.1) is 24.8 Å². The molecule has 0 aromatic heterocycles. The Bertz CT molecular complexity index is 489. The number of hydrogen-bond acceptors (Lipinski definition) is 4. The fourth-order valence-electron chi connectivity index (χ4n) is 3.08. The van der Waals surface area contributed by atoms with Crippen LogP contribution in [0.2, 0.25) is 0 Å². The molecule has 1 aromatic rings. The predicted octanol–water partition coefficient (Wildman–Crippen LogP) is 2.81. The van der Waals surface area contributed by atoms with Gasteiger partial charge in [-0.3, -0.25) is 9.69 Å². The maximum Gasteiger partial charge on any atom is 0.308 e. The molecule has 2 aliphatic rings. The summed E-state index contributed by atoms with van der Waals surface area (Å²) < 4.78 is 5.22. The molecular formula is C16H24Cl2N2O2. The predicted molar refractivity (Wildman–Crippen MR) is 92.2 cm³/mol. The molecule has 3 rings (SSSR count). The van der Waals surface area contributed by atoms with Crippen molar-refractivity contribution in [3.05, 3.63) is 29.8 Å². The molecule has 1 heterocycles. The summed E-state index contributed by atoms with van der Waals surface area (Å²) in [4.78, 5) is 13.7. The highest BCUT2D eigenvalue weighted by atomic mass is 35.5. The zero-order valence-corrected chi connectivity index (χ0v) is 14.4. The number of esters is 1. The van der Waals surface area contributed by atoms with Crippen molar-refractivity contribution in [2.45, 2.75) is 25.8 Å². The first-order valence-electron chi connectivity index (χ1n) is 7.47. The molecule has 4 nitrogen and oxygen atoms in total. The SMILES string of the molecule is CC(=O)Oc1cccc([C@@H](C2CC2)N2CCNCC2)c1.Cl.Cl. The number of carbonyl (C=O) groups excluding carboxylic acids is 1. The third-order valence-electron chi connectivity index (χ3n) is 4.07. The maximum absolute atomic E-state index is 11.1. The van der Waals surface area contributed by atoms with E-state index in [4.69, 9.17) is 4.74 Å². The lowest BCUT2D eigenvalue weighted by Gasteiger charge is -2.35. The molecule has 2 fully saturated rings. The number of hydrogen-bond donors (Lipinski definition) is 1. The number of ether oxygens (including phenoxy) is 1. The van der Waals surface area contributed by atoms with Crippen LogP contribution in [0, 0.1) is 5.92 Å². The summed E-state index contributed by atoms with van der Waals surface area (Å²) in [5, 5.41) is 3.41. The van der Waals surface area contributed by atoms with E-state index in [2.05, 4.69) is 16.3 Å². The van der Waals surface area contributed by atoms with Gasteiger partial charge in [0.25, 0.3) is 0 Å². The number of carbonyl (C=O) groups is 1. The summed E-state index contributed by atoms with van der Waals surface area (Å²) >= 11 is 0. The van der Waals surface area contributed by atoms with E-state index in [9.17, 15) is 4.79 Å². The molecule has 1 aliphatic carbocycles. The molecule has 0 amide bonds. The highest BCUT2D eigenvalue weighted by molar-refractivity contribution is 5.85. The van der Waals surface area contributed by atoms with Crippen molar-refractivity contribution >= 4 is 30.8 Å². The molecule has 1 atom stereocenters. The quantitative estimate of drug-likeness (QED) is 0.672. The van der Waals surface area contributed by atoms with Crippen LogP contribution in [-0.4, -0.2) is 37.0 Å². The third kappa shape index (κ3) is 4.85. The van der Waals surface area contributed by atoms with Crippen molar-refractivity contribution in [2.24, 2.45) is 5.92 Å². The Morgan fingerprint density at radius 3 is 2.55 bits per heavy atom. The minimum absolute atomic E-state index is 0. The van der Waals surface area contributed by atoms with Crippen molar-refractivity contribution in [3.63, 3.8) is 0 Å². The lowest BCUT2D eigenvalue weighted by atomic mass is 9.99. The molecule has 124 valence electrons. The van der Waals surface area contributed by atoms with Crippen LogP contribution in [0.1, 0.15) is 31.4 Å². The molecule has 1 N–H and O–H groups in total. The highest BCUT2D eigenvalue weighted by Gasteiger charge is 2.36. The first kappa shape index (κ1) is 19.2. The molecule has 1 aliphatic heterocycles. The smallest absolute Gasteiger partial charge is 0.308 e. The van der Waals surface area contributed by atoms with E-state index in [0.29, 0.717) is 11.8 Å². The second-order valence-electron chi connectivity index (χ2n) is 5.73. The summed E-state index contributed by atoms with van der Waals surface area (Å²) in [6.45, 7) is 5.76. The zero-order valence-electron chi connectivity index (χ0n) is 12.8. The Hall–Kier alpha value is -0.810. The second-order valence-corrected chi connectivity index (χ2v) is 5.73. The summed E-state index contributed by atoms with van der Waals surface area (Å²) in [5.41, 5.74) is 1.29. The third-order valence-corrected chi connectivity index (χ3v) is 4.07. The molecule has 0 unspecified atom stereocenters. The average Bonchev–Trinajstić information content (AvgIpc) is 3.25. The standard InChI is InChI=1S/C16H22N2O2.2ClH/c1-12(19)20-15-4-2-3-14(11-15)16(13-5-6-13)18-9-7-17-8-10-18;;/h2-4,11,13,16-17H,5-10H2,1H3;2*1H/t16-;;/m1../s1. The second kappa shape index (κ2) is 8.73. The van der Waals surface area contributed by atoms with Gasteiger partial charge in [0.2, 0.25) is 0 Å². The van der Waals surface area contributed by atoms with Crippen molar-refractivity contribution in [3.8, 4) is 5.75 Å². The first-order valence-corrected chi connectivity index (χ1v) is 7.47. The summed E-state index contributed by atoms with van der Waals surface area (Å²) in [7, 11) is 0. The van der Waals surface area contributed by atoms with E-state index in [-0.39, 0.29) is 30.8 Å². The van der Waals surface area contributed by atoms with Gasteiger partial charge in [0.15, 0.2) is 0 Å². The normalized spacial score (nSPS) is 19.5. The Balaban J connectivity index is 0.00000121. The van der Waals surface area contributed by atoms with Gasteiger partial charge >= 0.3 is 5.97 Å². The molecule has 1 saturated carbocycles. The maximum atomic E-state index is 11.1. The van der Waals surface area contributed by atoms with Crippen LogP contribution in [-0.2, 0) is 4.79 Å². The fourth-order valence-corrected chi connectivity index (χ4v) is 3.08. The Morgan fingerprint density at radius 2 is 1.95 bits per heavy atom. The van der Waals surface area contributed by atoms with E-state index < -0.39 is 0 Å². The number of halogens is 2. The topological polar surface area (TPSA) is 41.6 Å². The number of rotatable bonds is 4. The van der Waals surface area contributed by atoms with Crippen molar-refractivity contribution in [2.75, 3.05) is 26.2 Å². The van der Waals surface area contributed by atoms with E-state index in [1.54, 1.807) is 0 Å². The van der Waals surface area contributed by atoms with Gasteiger partial charge < -0.3 is 10.1 Å². The van der Waals surface area contributed by atoms with Crippen molar-refractivity contribution < 1.29 is 9.53 Å². The lowest BCUT2D eigenvalue weighted by Crippen LogP contribution is -2.45. The van der Waals surface area contributed by atoms with Gasteiger partial charge in [-0.25, -0.2) is 0 Å².